The Kier molecular flexibility index (Phi) is 0.896. The van der Waals surface area contributed by atoms with Crippen LogP contribution in [-0.2, 0) is 4.94 Å². The molecule has 0 atom stereocenters. The van der Waals surface area contributed by atoms with Gasteiger partial charge in [-0.05, 0) is 0 Å². The van der Waals surface area contributed by atoms with Crippen LogP contribution >= 0.6 is 0 Å². The molecule has 1 aliphatic heterocycles. The van der Waals surface area contributed by atoms with E-state index >= 15 is 0 Å². The lowest BCUT2D eigenvalue weighted by atomic mass is 10.4. The van der Waals surface area contributed by atoms with Crippen molar-refractivity contribution in [3.05, 3.63) is 6.33 Å². The molecule has 1 aromatic rings. The molecule has 1 aromatic heterocycles. The number of hydrogen-bond acceptors (Lipinski definition) is 6. The summed E-state index contributed by atoms with van der Waals surface area (Å²) in [6.45, 7) is 0. The Bertz CT molecular complexity index is 262. The maximum atomic E-state index is 5.44. The van der Waals surface area contributed by atoms with Gasteiger partial charge in [0.1, 0.15) is 12.0 Å². The van der Waals surface area contributed by atoms with Crippen LogP contribution in [0.25, 0.3) is 0 Å². The highest BCUT2D eigenvalue weighted by Crippen LogP contribution is 2.27. The van der Waals surface area contributed by atoms with E-state index in [0.717, 1.165) is 0 Å². The number of anilines is 3. The lowest BCUT2D eigenvalue weighted by Gasteiger charge is -1.95. The van der Waals surface area contributed by atoms with Crippen LogP contribution in [0, 0.1) is 0 Å². The summed E-state index contributed by atoms with van der Waals surface area (Å²) in [5.74, 6) is 0.933. The van der Waals surface area contributed by atoms with Crippen LogP contribution in [0.15, 0.2) is 6.33 Å². The molecule has 2 rings (SSSR count). The maximum Gasteiger partial charge on any atom is 0.183 e. The fraction of sp³-hybridized carbons (Fsp3) is 0. The largest absolute Gasteiger partial charge is 0.382 e. The Labute approximate surface area is 56.3 Å². The second-order valence-corrected chi connectivity index (χ2v) is 1.79. The topological polar surface area (TPSA) is 85.1 Å². The number of aromatic nitrogens is 2. The first kappa shape index (κ1) is 5.24. The van der Waals surface area contributed by atoms with E-state index in [1.165, 1.54) is 6.33 Å². The van der Waals surface area contributed by atoms with Crippen molar-refractivity contribution in [1.82, 2.24) is 9.97 Å². The zero-order valence-electron chi connectivity index (χ0n) is 4.96. The Morgan fingerprint density at radius 1 is 1.40 bits per heavy atom. The molecule has 0 aromatic carbocycles. The number of hydrogen-bond donors (Lipinski definition) is 3. The summed E-state index contributed by atoms with van der Waals surface area (Å²) in [6, 6.07) is 0. The molecule has 4 N–H and O–H groups in total. The van der Waals surface area contributed by atoms with Crippen LogP contribution in [-0.4, -0.2) is 9.97 Å². The summed E-state index contributed by atoms with van der Waals surface area (Å²) in [7, 11) is 0. The van der Waals surface area contributed by atoms with Gasteiger partial charge in [-0.1, -0.05) is 0 Å². The van der Waals surface area contributed by atoms with Gasteiger partial charge in [0.05, 0.1) is 0 Å². The molecular weight excluding hydrogens is 134 g/mol. The van der Waals surface area contributed by atoms with E-state index in [9.17, 15) is 0 Å². The van der Waals surface area contributed by atoms with E-state index < -0.39 is 0 Å². The van der Waals surface area contributed by atoms with Crippen molar-refractivity contribution < 1.29 is 4.94 Å². The molecule has 6 nitrogen and oxygen atoms in total. The average molecular weight is 139 g/mol. The fourth-order valence-corrected chi connectivity index (χ4v) is 0.702. The first-order valence-electron chi connectivity index (χ1n) is 2.66. The highest BCUT2D eigenvalue weighted by Gasteiger charge is 2.14. The van der Waals surface area contributed by atoms with Gasteiger partial charge >= 0.3 is 0 Å². The van der Waals surface area contributed by atoms with Crippen LogP contribution in [0.1, 0.15) is 0 Å². The zero-order valence-corrected chi connectivity index (χ0v) is 4.96. The Balaban J connectivity index is 2.59. The Hall–Kier alpha value is -1.56. The van der Waals surface area contributed by atoms with Gasteiger partial charge in [0.25, 0.3) is 0 Å². The molecule has 0 radical (unpaired) electrons. The molecule has 52 valence electrons. The zero-order chi connectivity index (χ0) is 6.97. The van der Waals surface area contributed by atoms with Gasteiger partial charge in [-0.15, -0.1) is 0 Å². The van der Waals surface area contributed by atoms with Gasteiger partial charge in [-0.2, -0.15) is 4.94 Å². The Morgan fingerprint density at radius 3 is 3.10 bits per heavy atom. The number of nitrogens with zero attached hydrogens (tertiary/aromatic N) is 2. The molecule has 10 heavy (non-hydrogen) atoms. The third kappa shape index (κ3) is 0.560. The molecular formula is C4H5N5O. The predicted octanol–water partition coefficient (Wildman–Crippen LogP) is -0.257. The molecule has 1 aliphatic rings. The van der Waals surface area contributed by atoms with Gasteiger partial charge < -0.3 is 5.73 Å². The minimum absolute atomic E-state index is 0.370. The smallest absolute Gasteiger partial charge is 0.183 e. The van der Waals surface area contributed by atoms with Crippen LogP contribution in [0.3, 0.4) is 0 Å². The van der Waals surface area contributed by atoms with Crippen molar-refractivity contribution in [2.24, 2.45) is 0 Å². The lowest BCUT2D eigenvalue weighted by Crippen LogP contribution is -1.96. The number of nitrogens with two attached hydrogens (primary N) is 1. The number of nitrogen functional groups attached to an aromatic ring is 1. The minimum atomic E-state index is 0.370. The van der Waals surface area contributed by atoms with E-state index in [1.807, 2.05) is 0 Å². The third-order valence-electron chi connectivity index (χ3n) is 1.18. The molecule has 0 amide bonds. The van der Waals surface area contributed by atoms with Gasteiger partial charge in [0.2, 0.25) is 0 Å². The standard InChI is InChI=1S/C4H5N5O/c5-3-2-4(7-1-6-3)9-10-8-2/h1,8H,(H3,5,6,7,9). The molecule has 0 spiro atoms. The van der Waals surface area contributed by atoms with E-state index in [2.05, 4.69) is 25.9 Å². The second-order valence-electron chi connectivity index (χ2n) is 1.79. The normalized spacial score (nSPS) is 13.6. The average Bonchev–Trinajstić information content (AvgIpc) is 2.36. The van der Waals surface area contributed by atoms with E-state index in [0.29, 0.717) is 17.3 Å². The number of rotatable bonds is 0. The fourth-order valence-electron chi connectivity index (χ4n) is 0.702. The van der Waals surface area contributed by atoms with E-state index in [1.54, 1.807) is 0 Å². The van der Waals surface area contributed by atoms with Crippen molar-refractivity contribution >= 4 is 17.3 Å². The first-order valence-corrected chi connectivity index (χ1v) is 2.66. The summed E-state index contributed by atoms with van der Waals surface area (Å²) in [4.78, 5) is 12.2. The summed E-state index contributed by atoms with van der Waals surface area (Å²) >= 11 is 0. The van der Waals surface area contributed by atoms with Crippen LogP contribution in [0.5, 0.6) is 0 Å². The van der Waals surface area contributed by atoms with Gasteiger partial charge in [0, 0.05) is 0 Å². The summed E-state index contributed by atoms with van der Waals surface area (Å²) in [5, 5.41) is 0. The third-order valence-corrected chi connectivity index (χ3v) is 1.18. The summed E-state index contributed by atoms with van der Waals surface area (Å²) < 4.78 is 0. The minimum Gasteiger partial charge on any atom is -0.382 e. The molecule has 2 heterocycles. The molecule has 0 fully saturated rings. The van der Waals surface area contributed by atoms with Gasteiger partial charge in [-0.3, -0.25) is 0 Å². The SMILES string of the molecule is Nc1ncnc2c1NON2. The molecule has 0 unspecified atom stereocenters. The van der Waals surface area contributed by atoms with Crippen LogP contribution < -0.4 is 16.7 Å². The van der Waals surface area contributed by atoms with Gasteiger partial charge in [-0.25, -0.2) is 20.9 Å². The lowest BCUT2D eigenvalue weighted by molar-refractivity contribution is 0.281. The van der Waals surface area contributed by atoms with Crippen molar-refractivity contribution in [3.63, 3.8) is 0 Å². The second kappa shape index (κ2) is 1.71. The molecule has 0 aliphatic carbocycles. The number of fused-ring (bicyclic) bond motifs is 1. The quantitative estimate of drug-likeness (QED) is 0.459. The predicted molar refractivity (Wildman–Crippen MR) is 34.8 cm³/mol. The van der Waals surface area contributed by atoms with Crippen LogP contribution in [0.4, 0.5) is 17.3 Å². The highest BCUT2D eigenvalue weighted by molar-refractivity contribution is 5.75. The first-order chi connectivity index (χ1) is 4.88. The van der Waals surface area contributed by atoms with Crippen molar-refractivity contribution in [2.75, 3.05) is 16.7 Å². The molecule has 0 saturated heterocycles. The van der Waals surface area contributed by atoms with Crippen LogP contribution in [0.2, 0.25) is 0 Å². The molecule has 6 heteroatoms. The van der Waals surface area contributed by atoms with Crippen molar-refractivity contribution in [1.29, 1.82) is 0 Å². The van der Waals surface area contributed by atoms with Crippen molar-refractivity contribution in [2.45, 2.75) is 0 Å². The van der Waals surface area contributed by atoms with Gasteiger partial charge in [0.15, 0.2) is 11.6 Å². The monoisotopic (exact) mass is 139 g/mol. The molecule has 0 saturated carbocycles. The number of nitrogens with one attached hydrogen (secondary N) is 2. The maximum absolute atomic E-state index is 5.44. The molecule has 0 bridgehead atoms. The van der Waals surface area contributed by atoms with E-state index in [-0.39, 0.29) is 0 Å². The summed E-state index contributed by atoms with van der Waals surface area (Å²) in [5.41, 5.74) is 11.0. The van der Waals surface area contributed by atoms with E-state index in [4.69, 9.17) is 5.73 Å². The summed E-state index contributed by atoms with van der Waals surface area (Å²) in [6.07, 6.45) is 1.36. The highest BCUT2D eigenvalue weighted by atomic mass is 16.8. The Morgan fingerprint density at radius 2 is 2.30 bits per heavy atom. The van der Waals surface area contributed by atoms with Crippen molar-refractivity contribution in [3.8, 4) is 0 Å².